The number of aliphatic hydroxyl groups excluding tert-OH is 1. The maximum absolute atomic E-state index is 12.4. The number of nitrogens with zero attached hydrogens (tertiary/aromatic N) is 3. The molecule has 0 radical (unpaired) electrons. The van der Waals surface area contributed by atoms with Crippen molar-refractivity contribution >= 4 is 16.8 Å². The van der Waals surface area contributed by atoms with Gasteiger partial charge in [-0.05, 0) is 39.0 Å². The number of hydrogen-bond donors (Lipinski definition) is 2. The van der Waals surface area contributed by atoms with Crippen LogP contribution < -0.4 is 5.32 Å². The number of carbonyl (C=O) groups excluding carboxylic acids is 1. The molecule has 6 nitrogen and oxygen atoms in total. The molecule has 0 atom stereocenters. The number of fused-ring (bicyclic) bond motifs is 1. The van der Waals surface area contributed by atoms with Crippen LogP contribution in [0, 0.1) is 6.92 Å². The zero-order chi connectivity index (χ0) is 17.3. The second-order valence-electron chi connectivity index (χ2n) is 6.41. The Balaban J connectivity index is 1.95. The van der Waals surface area contributed by atoms with Gasteiger partial charge in [-0.2, -0.15) is 5.10 Å². The van der Waals surface area contributed by atoms with Crippen LogP contribution in [0.4, 0.5) is 0 Å². The lowest BCUT2D eigenvalue weighted by Gasteiger charge is -2.23. The number of rotatable bonds is 4. The Bertz CT molecular complexity index is 899. The number of aliphatic hydroxyl groups is 1. The van der Waals surface area contributed by atoms with Crippen LogP contribution in [-0.2, 0) is 0 Å². The van der Waals surface area contributed by atoms with Gasteiger partial charge in [0.15, 0.2) is 5.82 Å². The van der Waals surface area contributed by atoms with E-state index in [1.807, 2.05) is 43.3 Å². The third-order valence-corrected chi connectivity index (χ3v) is 3.90. The van der Waals surface area contributed by atoms with Gasteiger partial charge >= 0.3 is 0 Å². The van der Waals surface area contributed by atoms with Crippen molar-refractivity contribution in [3.05, 3.63) is 53.9 Å². The average molecular weight is 324 g/mol. The molecule has 0 aliphatic carbocycles. The summed E-state index contributed by atoms with van der Waals surface area (Å²) in [6.45, 7) is 5.20. The Morgan fingerprint density at radius 1 is 1.25 bits per heavy atom. The highest BCUT2D eigenvalue weighted by Gasteiger charge is 2.23. The van der Waals surface area contributed by atoms with E-state index in [4.69, 9.17) is 0 Å². The molecule has 0 unspecified atom stereocenters. The van der Waals surface area contributed by atoms with Crippen LogP contribution in [0.5, 0.6) is 0 Å². The molecule has 6 heteroatoms. The Morgan fingerprint density at radius 2 is 2.00 bits per heavy atom. The van der Waals surface area contributed by atoms with Gasteiger partial charge in [0, 0.05) is 5.39 Å². The minimum absolute atomic E-state index is 0.141. The molecule has 0 saturated carbocycles. The number of nitrogens with one attached hydrogen (secondary N) is 1. The van der Waals surface area contributed by atoms with E-state index in [-0.39, 0.29) is 12.5 Å². The summed E-state index contributed by atoms with van der Waals surface area (Å²) in [5.74, 6) is 0.394. The molecule has 0 aliphatic rings. The second kappa shape index (κ2) is 6.05. The standard InChI is InChI=1S/C18H20N4O2/c1-12-14(17(24)21-18(2,3)11-23)10-19-22(12)16-9-8-13-6-4-5-7-15(13)20-16/h4-10,23H,11H2,1-3H3,(H,21,24). The second-order valence-corrected chi connectivity index (χ2v) is 6.41. The first-order chi connectivity index (χ1) is 11.4. The van der Waals surface area contributed by atoms with E-state index in [1.165, 1.54) is 6.20 Å². The van der Waals surface area contributed by atoms with Gasteiger partial charge in [-0.25, -0.2) is 9.67 Å². The van der Waals surface area contributed by atoms with Gasteiger partial charge in [-0.15, -0.1) is 0 Å². The summed E-state index contributed by atoms with van der Waals surface area (Å²) in [6, 6.07) is 11.7. The summed E-state index contributed by atoms with van der Waals surface area (Å²) in [6.07, 6.45) is 1.52. The summed E-state index contributed by atoms with van der Waals surface area (Å²) in [7, 11) is 0. The van der Waals surface area contributed by atoms with Gasteiger partial charge in [0.1, 0.15) is 0 Å². The smallest absolute Gasteiger partial charge is 0.255 e. The highest BCUT2D eigenvalue weighted by atomic mass is 16.3. The lowest BCUT2D eigenvalue weighted by atomic mass is 10.1. The van der Waals surface area contributed by atoms with Crippen molar-refractivity contribution in [1.82, 2.24) is 20.1 Å². The fraction of sp³-hybridized carbons (Fsp3) is 0.278. The third-order valence-electron chi connectivity index (χ3n) is 3.90. The Kier molecular flexibility index (Phi) is 4.07. The number of amides is 1. The molecule has 0 aliphatic heterocycles. The molecular weight excluding hydrogens is 304 g/mol. The van der Waals surface area contributed by atoms with Crippen molar-refractivity contribution in [3.63, 3.8) is 0 Å². The summed E-state index contributed by atoms with van der Waals surface area (Å²) < 4.78 is 1.65. The van der Waals surface area contributed by atoms with E-state index in [9.17, 15) is 9.90 Å². The summed E-state index contributed by atoms with van der Waals surface area (Å²) in [4.78, 5) is 17.0. The van der Waals surface area contributed by atoms with Gasteiger partial charge in [-0.3, -0.25) is 4.79 Å². The number of benzene rings is 1. The SMILES string of the molecule is Cc1c(C(=O)NC(C)(C)CO)cnn1-c1ccc2ccccc2n1. The van der Waals surface area contributed by atoms with Crippen LogP contribution >= 0.6 is 0 Å². The molecule has 124 valence electrons. The molecule has 1 amide bonds. The molecule has 0 fully saturated rings. The minimum Gasteiger partial charge on any atom is -0.394 e. The number of para-hydroxylation sites is 1. The molecule has 3 aromatic rings. The van der Waals surface area contributed by atoms with E-state index >= 15 is 0 Å². The summed E-state index contributed by atoms with van der Waals surface area (Å²) in [5, 5.41) is 17.4. The molecule has 2 N–H and O–H groups in total. The van der Waals surface area contributed by atoms with Crippen LogP contribution in [0.1, 0.15) is 29.9 Å². The van der Waals surface area contributed by atoms with Crippen LogP contribution in [0.2, 0.25) is 0 Å². The molecule has 3 rings (SSSR count). The Morgan fingerprint density at radius 3 is 2.75 bits per heavy atom. The molecule has 1 aromatic carbocycles. The van der Waals surface area contributed by atoms with E-state index in [2.05, 4.69) is 15.4 Å². The molecular formula is C18H20N4O2. The van der Waals surface area contributed by atoms with Gasteiger partial charge in [0.25, 0.3) is 5.91 Å². The predicted molar refractivity (Wildman–Crippen MR) is 92.2 cm³/mol. The van der Waals surface area contributed by atoms with Crippen molar-refractivity contribution < 1.29 is 9.90 Å². The average Bonchev–Trinajstić information content (AvgIpc) is 2.95. The van der Waals surface area contributed by atoms with E-state index in [0.717, 1.165) is 10.9 Å². The van der Waals surface area contributed by atoms with Gasteiger partial charge in [0.2, 0.25) is 0 Å². The maximum Gasteiger partial charge on any atom is 0.255 e. The third kappa shape index (κ3) is 3.00. The lowest BCUT2D eigenvalue weighted by Crippen LogP contribution is -2.46. The van der Waals surface area contributed by atoms with E-state index in [0.29, 0.717) is 17.1 Å². The van der Waals surface area contributed by atoms with Gasteiger partial charge in [-0.1, -0.05) is 18.2 Å². The van der Waals surface area contributed by atoms with Gasteiger partial charge in [0.05, 0.1) is 35.1 Å². The first kappa shape index (κ1) is 16.1. The fourth-order valence-corrected chi connectivity index (χ4v) is 2.45. The largest absolute Gasteiger partial charge is 0.394 e. The first-order valence-electron chi connectivity index (χ1n) is 7.75. The number of aromatic nitrogens is 3. The van der Waals surface area contributed by atoms with Crippen LogP contribution in [-0.4, -0.2) is 37.9 Å². The van der Waals surface area contributed by atoms with Crippen molar-refractivity contribution in [2.75, 3.05) is 6.61 Å². The molecule has 2 aromatic heterocycles. The van der Waals surface area contributed by atoms with Gasteiger partial charge < -0.3 is 10.4 Å². The van der Waals surface area contributed by atoms with Crippen LogP contribution in [0.25, 0.3) is 16.7 Å². The minimum atomic E-state index is -0.688. The van der Waals surface area contributed by atoms with Crippen molar-refractivity contribution in [1.29, 1.82) is 0 Å². The maximum atomic E-state index is 12.4. The summed E-state index contributed by atoms with van der Waals surface area (Å²) >= 11 is 0. The zero-order valence-electron chi connectivity index (χ0n) is 13.9. The lowest BCUT2D eigenvalue weighted by molar-refractivity contribution is 0.0868. The number of pyridine rings is 1. The monoisotopic (exact) mass is 324 g/mol. The molecule has 0 saturated heterocycles. The molecule has 24 heavy (non-hydrogen) atoms. The van der Waals surface area contributed by atoms with E-state index < -0.39 is 5.54 Å². The van der Waals surface area contributed by atoms with Crippen LogP contribution in [0.3, 0.4) is 0 Å². The highest BCUT2D eigenvalue weighted by Crippen LogP contribution is 2.17. The Hall–Kier alpha value is -2.73. The molecule has 2 heterocycles. The van der Waals surface area contributed by atoms with Crippen molar-refractivity contribution in [3.8, 4) is 5.82 Å². The van der Waals surface area contributed by atoms with Crippen molar-refractivity contribution in [2.24, 2.45) is 0 Å². The fourth-order valence-electron chi connectivity index (χ4n) is 2.45. The normalized spacial score (nSPS) is 11.7. The highest BCUT2D eigenvalue weighted by molar-refractivity contribution is 5.95. The molecule has 0 bridgehead atoms. The molecule has 0 spiro atoms. The summed E-state index contributed by atoms with van der Waals surface area (Å²) in [5.41, 5.74) is 1.35. The number of hydrogen-bond acceptors (Lipinski definition) is 4. The topological polar surface area (TPSA) is 80.0 Å². The van der Waals surface area contributed by atoms with Crippen LogP contribution in [0.15, 0.2) is 42.6 Å². The van der Waals surface area contributed by atoms with Crippen molar-refractivity contribution in [2.45, 2.75) is 26.3 Å². The van der Waals surface area contributed by atoms with E-state index in [1.54, 1.807) is 18.5 Å². The predicted octanol–water partition coefficient (Wildman–Crippen LogP) is 2.23. The zero-order valence-corrected chi connectivity index (χ0v) is 13.9. The quantitative estimate of drug-likeness (QED) is 0.771. The Labute approximate surface area is 140 Å². The first-order valence-corrected chi connectivity index (χ1v) is 7.75. The number of carbonyl (C=O) groups is 1.